The molecule has 2 heteroatoms. The standard InChI is InChI=1S/C16H23NS/c1-2-6-15(5-1)18-16-9-7-13(8-10-16)12-14-4-3-11-17-14/h7-10,14-15,17H,1-6,11-12H2. The third-order valence-corrected chi connectivity index (χ3v) is 5.52. The summed E-state index contributed by atoms with van der Waals surface area (Å²) in [6, 6.07) is 10.0. The van der Waals surface area contributed by atoms with Gasteiger partial charge in [-0.05, 0) is 56.3 Å². The third-order valence-electron chi connectivity index (χ3n) is 4.17. The zero-order valence-corrected chi connectivity index (χ0v) is 11.8. The fourth-order valence-electron chi connectivity index (χ4n) is 3.12. The molecule has 2 aliphatic rings. The van der Waals surface area contributed by atoms with Crippen LogP contribution in [0.15, 0.2) is 29.2 Å². The molecule has 1 unspecified atom stereocenters. The summed E-state index contributed by atoms with van der Waals surface area (Å²) in [5.74, 6) is 0. The lowest BCUT2D eigenvalue weighted by atomic mass is 10.1. The summed E-state index contributed by atoms with van der Waals surface area (Å²) in [7, 11) is 0. The zero-order valence-electron chi connectivity index (χ0n) is 11.0. The monoisotopic (exact) mass is 261 g/mol. The molecule has 3 rings (SSSR count). The first-order valence-corrected chi connectivity index (χ1v) is 8.27. The van der Waals surface area contributed by atoms with Gasteiger partial charge in [0.2, 0.25) is 0 Å². The van der Waals surface area contributed by atoms with Crippen LogP contribution in [0.1, 0.15) is 44.1 Å². The minimum absolute atomic E-state index is 0.721. The summed E-state index contributed by atoms with van der Waals surface area (Å²) < 4.78 is 0. The Labute approximate surface area is 115 Å². The highest BCUT2D eigenvalue weighted by Gasteiger charge is 2.16. The summed E-state index contributed by atoms with van der Waals surface area (Å²) in [6.45, 7) is 1.21. The van der Waals surface area contributed by atoms with Crippen LogP contribution in [0, 0.1) is 0 Å². The van der Waals surface area contributed by atoms with Crippen LogP contribution in [0.4, 0.5) is 0 Å². The van der Waals surface area contributed by atoms with E-state index in [0.29, 0.717) is 0 Å². The van der Waals surface area contributed by atoms with Crippen molar-refractivity contribution in [1.29, 1.82) is 0 Å². The van der Waals surface area contributed by atoms with Gasteiger partial charge in [-0.15, -0.1) is 11.8 Å². The lowest BCUT2D eigenvalue weighted by Crippen LogP contribution is -2.23. The second-order valence-electron chi connectivity index (χ2n) is 5.67. The van der Waals surface area contributed by atoms with Crippen LogP contribution < -0.4 is 5.32 Å². The van der Waals surface area contributed by atoms with Crippen LogP contribution in [0.2, 0.25) is 0 Å². The molecule has 1 aliphatic heterocycles. The van der Waals surface area contributed by atoms with Gasteiger partial charge in [0, 0.05) is 16.2 Å². The van der Waals surface area contributed by atoms with Crippen LogP contribution >= 0.6 is 11.8 Å². The van der Waals surface area contributed by atoms with Gasteiger partial charge in [0.15, 0.2) is 0 Å². The van der Waals surface area contributed by atoms with Crippen molar-refractivity contribution < 1.29 is 0 Å². The Morgan fingerprint density at radius 3 is 2.44 bits per heavy atom. The van der Waals surface area contributed by atoms with Crippen LogP contribution in [-0.4, -0.2) is 17.8 Å². The Morgan fingerprint density at radius 1 is 1.00 bits per heavy atom. The van der Waals surface area contributed by atoms with Crippen LogP contribution in [-0.2, 0) is 6.42 Å². The van der Waals surface area contributed by atoms with Crippen molar-refractivity contribution in [2.45, 2.75) is 61.1 Å². The molecule has 1 saturated carbocycles. The minimum atomic E-state index is 0.721. The average molecular weight is 261 g/mol. The second-order valence-corrected chi connectivity index (χ2v) is 7.04. The van der Waals surface area contributed by atoms with Gasteiger partial charge < -0.3 is 5.32 Å². The van der Waals surface area contributed by atoms with Gasteiger partial charge in [-0.3, -0.25) is 0 Å². The molecule has 98 valence electrons. The molecule has 0 spiro atoms. The highest BCUT2D eigenvalue weighted by atomic mass is 32.2. The van der Waals surface area contributed by atoms with Crippen molar-refractivity contribution in [2.24, 2.45) is 0 Å². The molecule has 1 atom stereocenters. The van der Waals surface area contributed by atoms with Crippen molar-refractivity contribution >= 4 is 11.8 Å². The summed E-state index contributed by atoms with van der Waals surface area (Å²) in [5, 5.41) is 4.46. The first kappa shape index (κ1) is 12.6. The molecule has 1 saturated heterocycles. The Bertz CT molecular complexity index is 324. The van der Waals surface area contributed by atoms with Gasteiger partial charge in [0.05, 0.1) is 0 Å². The van der Waals surface area contributed by atoms with Gasteiger partial charge in [-0.2, -0.15) is 0 Å². The molecule has 0 aromatic heterocycles. The first-order chi connectivity index (χ1) is 8.90. The van der Waals surface area contributed by atoms with Crippen LogP contribution in [0.25, 0.3) is 0 Å². The van der Waals surface area contributed by atoms with E-state index < -0.39 is 0 Å². The predicted molar refractivity (Wildman–Crippen MR) is 79.3 cm³/mol. The third kappa shape index (κ3) is 3.30. The van der Waals surface area contributed by atoms with Gasteiger partial charge >= 0.3 is 0 Å². The molecule has 2 fully saturated rings. The highest BCUT2D eigenvalue weighted by Crippen LogP contribution is 2.34. The molecule has 0 amide bonds. The molecule has 1 aromatic carbocycles. The van der Waals surface area contributed by atoms with Crippen molar-refractivity contribution in [3.8, 4) is 0 Å². The first-order valence-electron chi connectivity index (χ1n) is 7.39. The van der Waals surface area contributed by atoms with Crippen molar-refractivity contribution in [1.82, 2.24) is 5.32 Å². The van der Waals surface area contributed by atoms with Gasteiger partial charge in [-0.25, -0.2) is 0 Å². The normalized spacial score (nSPS) is 24.8. The molecule has 1 nitrogen and oxygen atoms in total. The lowest BCUT2D eigenvalue weighted by Gasteiger charge is -2.12. The Hall–Kier alpha value is -0.470. The van der Waals surface area contributed by atoms with E-state index in [1.54, 1.807) is 0 Å². The fraction of sp³-hybridized carbons (Fsp3) is 0.625. The van der Waals surface area contributed by atoms with Crippen molar-refractivity contribution in [2.75, 3.05) is 6.54 Å². The van der Waals surface area contributed by atoms with Crippen LogP contribution in [0.3, 0.4) is 0 Å². The van der Waals surface area contributed by atoms with Gasteiger partial charge in [0.1, 0.15) is 0 Å². The molecular formula is C16H23NS. The highest BCUT2D eigenvalue weighted by molar-refractivity contribution is 8.00. The smallest absolute Gasteiger partial charge is 0.0108 e. The molecular weight excluding hydrogens is 238 g/mol. The maximum absolute atomic E-state index is 3.57. The van der Waals surface area contributed by atoms with E-state index in [4.69, 9.17) is 0 Å². The van der Waals surface area contributed by atoms with E-state index in [9.17, 15) is 0 Å². The number of hydrogen-bond donors (Lipinski definition) is 1. The van der Waals surface area contributed by atoms with E-state index in [0.717, 1.165) is 11.3 Å². The predicted octanol–water partition coefficient (Wildman–Crippen LogP) is 4.02. The Balaban J connectivity index is 1.54. The molecule has 18 heavy (non-hydrogen) atoms. The summed E-state index contributed by atoms with van der Waals surface area (Å²) in [6.07, 6.45) is 9.59. The minimum Gasteiger partial charge on any atom is -0.314 e. The van der Waals surface area contributed by atoms with Gasteiger partial charge in [0.25, 0.3) is 0 Å². The molecule has 1 aromatic rings. The van der Waals surface area contributed by atoms with E-state index in [2.05, 4.69) is 41.3 Å². The fourth-order valence-corrected chi connectivity index (χ4v) is 4.37. The maximum Gasteiger partial charge on any atom is 0.0108 e. The number of hydrogen-bond acceptors (Lipinski definition) is 2. The van der Waals surface area contributed by atoms with Crippen molar-refractivity contribution in [3.05, 3.63) is 29.8 Å². The van der Waals surface area contributed by atoms with Crippen LogP contribution in [0.5, 0.6) is 0 Å². The SMILES string of the molecule is c1cc(SC2CCCC2)ccc1CC1CCCN1. The van der Waals surface area contributed by atoms with Crippen molar-refractivity contribution in [3.63, 3.8) is 0 Å². The van der Waals surface area contributed by atoms with E-state index in [1.165, 1.54) is 61.9 Å². The summed E-state index contributed by atoms with van der Waals surface area (Å²) >= 11 is 2.09. The molecule has 1 aliphatic carbocycles. The number of rotatable bonds is 4. The molecule has 0 radical (unpaired) electrons. The van der Waals surface area contributed by atoms with E-state index >= 15 is 0 Å². The molecule has 0 bridgehead atoms. The number of benzene rings is 1. The van der Waals surface area contributed by atoms with Gasteiger partial charge in [-0.1, -0.05) is 25.0 Å². The second kappa shape index (κ2) is 6.12. The Morgan fingerprint density at radius 2 is 1.78 bits per heavy atom. The Kier molecular flexibility index (Phi) is 4.27. The maximum atomic E-state index is 3.57. The summed E-state index contributed by atoms with van der Waals surface area (Å²) in [4.78, 5) is 1.46. The lowest BCUT2D eigenvalue weighted by molar-refractivity contribution is 0.603. The summed E-state index contributed by atoms with van der Waals surface area (Å²) in [5.41, 5.74) is 1.49. The average Bonchev–Trinajstić information content (AvgIpc) is 3.05. The molecule has 1 N–H and O–H groups in total. The quantitative estimate of drug-likeness (QED) is 0.878. The van der Waals surface area contributed by atoms with E-state index in [1.807, 2.05) is 0 Å². The largest absolute Gasteiger partial charge is 0.314 e. The zero-order chi connectivity index (χ0) is 12.2. The number of nitrogens with one attached hydrogen (secondary N) is 1. The van der Waals surface area contributed by atoms with E-state index in [-0.39, 0.29) is 0 Å². The number of thioether (sulfide) groups is 1. The molecule has 1 heterocycles. The topological polar surface area (TPSA) is 12.0 Å².